The number of nitrogens with one attached hydrogen (secondary N) is 2. The maximum atomic E-state index is 13.3. The molecule has 1 atom stereocenters. The summed E-state index contributed by atoms with van der Waals surface area (Å²) in [5.41, 5.74) is 1.99. The minimum atomic E-state index is -3.99. The van der Waals surface area contributed by atoms with Gasteiger partial charge in [0.25, 0.3) is 0 Å². The molecule has 8 heteroatoms. The Labute approximate surface area is 201 Å². The third-order valence-corrected chi connectivity index (χ3v) is 6.57. The topological polar surface area (TPSA) is 93.7 Å². The highest BCUT2D eigenvalue weighted by Crippen LogP contribution is 2.25. The number of carbonyl (C=O) groups is 1. The van der Waals surface area contributed by atoms with E-state index in [0.29, 0.717) is 36.0 Å². The van der Waals surface area contributed by atoms with Crippen LogP contribution in [0.5, 0.6) is 11.5 Å². The van der Waals surface area contributed by atoms with Crippen LogP contribution in [0.2, 0.25) is 0 Å². The van der Waals surface area contributed by atoms with Gasteiger partial charge < -0.3 is 14.8 Å². The number of sulfonamides is 1. The van der Waals surface area contributed by atoms with Crippen LogP contribution < -0.4 is 19.5 Å². The van der Waals surface area contributed by atoms with Crippen molar-refractivity contribution in [2.75, 3.05) is 18.5 Å². The first-order chi connectivity index (χ1) is 16.3. The number of benzene rings is 3. The molecule has 0 fully saturated rings. The first kappa shape index (κ1) is 25.3. The van der Waals surface area contributed by atoms with E-state index in [-0.39, 0.29) is 11.3 Å². The van der Waals surface area contributed by atoms with Crippen LogP contribution in [0, 0.1) is 6.92 Å². The molecule has 1 amide bonds. The average Bonchev–Trinajstić information content (AvgIpc) is 2.82. The highest BCUT2D eigenvalue weighted by atomic mass is 32.2. The second-order valence-electron chi connectivity index (χ2n) is 7.64. The monoisotopic (exact) mass is 482 g/mol. The molecule has 0 unspecified atom stereocenters. The quantitative estimate of drug-likeness (QED) is 0.425. The standard InChI is InChI=1S/C26H30N2O5S/c1-4-32-24-16-15-21(17-19(24)3)34(30,31)28-23(18-20-11-7-6-8-12-20)26(29)27-22-13-9-10-14-25(22)33-5-2/h6-17,23,28H,4-5,18H2,1-3H3,(H,27,29)/t23-/m0/s1. The molecule has 2 N–H and O–H groups in total. The van der Waals surface area contributed by atoms with Gasteiger partial charge in [-0.1, -0.05) is 42.5 Å². The first-order valence-electron chi connectivity index (χ1n) is 11.2. The molecule has 34 heavy (non-hydrogen) atoms. The number of hydrogen-bond acceptors (Lipinski definition) is 5. The van der Waals surface area contributed by atoms with E-state index in [9.17, 15) is 13.2 Å². The van der Waals surface area contributed by atoms with Gasteiger partial charge in [-0.25, -0.2) is 8.42 Å². The molecule has 0 aromatic heterocycles. The zero-order valence-corrected chi connectivity index (χ0v) is 20.4. The summed E-state index contributed by atoms with van der Waals surface area (Å²) in [4.78, 5) is 13.3. The van der Waals surface area contributed by atoms with Crippen LogP contribution in [0.15, 0.2) is 77.7 Å². The molecule has 0 heterocycles. The number of hydrogen-bond donors (Lipinski definition) is 2. The molecule has 0 saturated carbocycles. The smallest absolute Gasteiger partial charge is 0.243 e. The van der Waals surface area contributed by atoms with Gasteiger partial charge in [0.05, 0.1) is 23.8 Å². The van der Waals surface area contributed by atoms with Crippen LogP contribution in [0.1, 0.15) is 25.0 Å². The summed E-state index contributed by atoms with van der Waals surface area (Å²) in [7, 11) is -3.99. The molecule has 7 nitrogen and oxygen atoms in total. The highest BCUT2D eigenvalue weighted by Gasteiger charge is 2.27. The number of para-hydroxylation sites is 2. The Morgan fingerprint density at radius 3 is 2.21 bits per heavy atom. The van der Waals surface area contributed by atoms with Gasteiger partial charge in [0, 0.05) is 0 Å². The van der Waals surface area contributed by atoms with Crippen molar-refractivity contribution in [2.24, 2.45) is 0 Å². The summed E-state index contributed by atoms with van der Waals surface area (Å²) in [6, 6.07) is 19.9. The predicted molar refractivity (Wildman–Crippen MR) is 133 cm³/mol. The van der Waals surface area contributed by atoms with Crippen LogP contribution in [0.3, 0.4) is 0 Å². The molecule has 0 radical (unpaired) electrons. The third kappa shape index (κ3) is 6.59. The van der Waals surface area contributed by atoms with Gasteiger partial charge in [-0.05, 0) is 68.7 Å². The fourth-order valence-corrected chi connectivity index (χ4v) is 4.75. The van der Waals surface area contributed by atoms with Gasteiger partial charge in [-0.2, -0.15) is 4.72 Å². The van der Waals surface area contributed by atoms with Crippen molar-refractivity contribution >= 4 is 21.6 Å². The van der Waals surface area contributed by atoms with Gasteiger partial charge in [0.15, 0.2) is 0 Å². The van der Waals surface area contributed by atoms with Crippen LogP contribution in [-0.4, -0.2) is 33.6 Å². The lowest BCUT2D eigenvalue weighted by Crippen LogP contribution is -2.45. The maximum absolute atomic E-state index is 13.3. The van der Waals surface area contributed by atoms with Gasteiger partial charge in [0.2, 0.25) is 15.9 Å². The lowest BCUT2D eigenvalue weighted by Gasteiger charge is -2.20. The number of ether oxygens (including phenoxy) is 2. The van der Waals surface area contributed by atoms with Crippen molar-refractivity contribution in [1.29, 1.82) is 0 Å². The van der Waals surface area contributed by atoms with E-state index in [1.54, 1.807) is 37.3 Å². The minimum Gasteiger partial charge on any atom is -0.494 e. The van der Waals surface area contributed by atoms with Crippen LogP contribution in [0.4, 0.5) is 5.69 Å². The Hall–Kier alpha value is -3.36. The van der Waals surface area contributed by atoms with E-state index in [2.05, 4.69) is 10.0 Å². The summed E-state index contributed by atoms with van der Waals surface area (Å²) in [5, 5.41) is 2.82. The normalized spacial score (nSPS) is 12.1. The van der Waals surface area contributed by atoms with Crippen LogP contribution in [-0.2, 0) is 21.2 Å². The Balaban J connectivity index is 1.88. The van der Waals surface area contributed by atoms with E-state index < -0.39 is 22.0 Å². The van der Waals surface area contributed by atoms with Crippen molar-refractivity contribution in [1.82, 2.24) is 4.72 Å². The average molecular weight is 483 g/mol. The molecule has 0 spiro atoms. The molecule has 0 bridgehead atoms. The Bertz CT molecular complexity index is 1210. The first-order valence-corrected chi connectivity index (χ1v) is 12.6. The van der Waals surface area contributed by atoms with Crippen molar-refractivity contribution in [2.45, 2.75) is 38.1 Å². The summed E-state index contributed by atoms with van der Waals surface area (Å²) < 4.78 is 40.1. The summed E-state index contributed by atoms with van der Waals surface area (Å²) >= 11 is 0. The van der Waals surface area contributed by atoms with Gasteiger partial charge >= 0.3 is 0 Å². The molecule has 3 aromatic carbocycles. The second kappa shape index (κ2) is 11.7. The largest absolute Gasteiger partial charge is 0.494 e. The number of rotatable bonds is 11. The number of aryl methyl sites for hydroxylation is 1. The van der Waals surface area contributed by atoms with E-state index >= 15 is 0 Å². The van der Waals surface area contributed by atoms with E-state index in [4.69, 9.17) is 9.47 Å². The Kier molecular flexibility index (Phi) is 8.67. The maximum Gasteiger partial charge on any atom is 0.243 e. The highest BCUT2D eigenvalue weighted by molar-refractivity contribution is 7.89. The van der Waals surface area contributed by atoms with Crippen molar-refractivity contribution in [3.8, 4) is 11.5 Å². The van der Waals surface area contributed by atoms with Gasteiger partial charge in [0.1, 0.15) is 17.5 Å². The van der Waals surface area contributed by atoms with Crippen molar-refractivity contribution in [3.63, 3.8) is 0 Å². The molecular weight excluding hydrogens is 452 g/mol. The molecule has 0 aliphatic rings. The van der Waals surface area contributed by atoms with E-state index in [1.165, 1.54) is 12.1 Å². The van der Waals surface area contributed by atoms with Gasteiger partial charge in [-0.3, -0.25) is 4.79 Å². The number of anilines is 1. The molecule has 0 aliphatic carbocycles. The zero-order valence-electron chi connectivity index (χ0n) is 19.6. The summed E-state index contributed by atoms with van der Waals surface area (Å²) in [5.74, 6) is 0.650. The molecule has 3 aromatic rings. The summed E-state index contributed by atoms with van der Waals surface area (Å²) in [6.45, 7) is 6.41. The molecule has 180 valence electrons. The summed E-state index contributed by atoms with van der Waals surface area (Å²) in [6.07, 6.45) is 0.179. The molecule has 3 rings (SSSR count). The van der Waals surface area contributed by atoms with E-state index in [1.807, 2.05) is 44.2 Å². The Morgan fingerprint density at radius 1 is 0.882 bits per heavy atom. The fourth-order valence-electron chi connectivity index (χ4n) is 3.47. The van der Waals surface area contributed by atoms with Crippen molar-refractivity contribution in [3.05, 3.63) is 83.9 Å². The predicted octanol–water partition coefficient (Wildman–Crippen LogP) is 4.32. The molecular formula is C26H30N2O5S. The Morgan fingerprint density at radius 2 is 1.53 bits per heavy atom. The fraction of sp³-hybridized carbons (Fsp3) is 0.269. The molecule has 0 aliphatic heterocycles. The lowest BCUT2D eigenvalue weighted by molar-refractivity contribution is -0.117. The minimum absolute atomic E-state index is 0.0639. The molecule has 0 saturated heterocycles. The van der Waals surface area contributed by atoms with Crippen molar-refractivity contribution < 1.29 is 22.7 Å². The van der Waals surface area contributed by atoms with E-state index in [0.717, 1.165) is 5.56 Å². The number of amides is 1. The van der Waals surface area contributed by atoms with Crippen LogP contribution in [0.25, 0.3) is 0 Å². The third-order valence-electron chi connectivity index (χ3n) is 5.10. The second-order valence-corrected chi connectivity index (χ2v) is 9.36. The SMILES string of the molecule is CCOc1ccc(S(=O)(=O)N[C@@H](Cc2ccccc2)C(=O)Nc2ccccc2OCC)cc1C. The lowest BCUT2D eigenvalue weighted by atomic mass is 10.1. The zero-order chi connectivity index (χ0) is 24.6. The van der Waals surface area contributed by atoms with Gasteiger partial charge in [-0.15, -0.1) is 0 Å². The number of carbonyl (C=O) groups excluding carboxylic acids is 1. The van der Waals surface area contributed by atoms with Crippen LogP contribution >= 0.6 is 0 Å².